The quantitative estimate of drug-likeness (QED) is 0.830. The van der Waals surface area contributed by atoms with Crippen LogP contribution in [0.5, 0.6) is 0 Å². The standard InChI is InChI=1S/C17H24N2O2/c1-14-5-3-4-6-15(14)10-19-7-8-21-13-17(12-19)9-16(20)18(2)11-17/h3-6H,7-13H2,1-2H3. The lowest BCUT2D eigenvalue weighted by molar-refractivity contribution is -0.126. The van der Waals surface area contributed by atoms with Crippen LogP contribution in [0.1, 0.15) is 17.5 Å². The molecule has 1 amide bonds. The monoisotopic (exact) mass is 288 g/mol. The molecule has 2 aliphatic rings. The van der Waals surface area contributed by atoms with Gasteiger partial charge in [-0.1, -0.05) is 24.3 Å². The van der Waals surface area contributed by atoms with Gasteiger partial charge in [-0.15, -0.1) is 0 Å². The third-order valence-corrected chi connectivity index (χ3v) is 4.70. The van der Waals surface area contributed by atoms with E-state index in [-0.39, 0.29) is 11.3 Å². The maximum Gasteiger partial charge on any atom is 0.223 e. The zero-order valence-corrected chi connectivity index (χ0v) is 13.0. The van der Waals surface area contributed by atoms with Crippen molar-refractivity contribution >= 4 is 5.91 Å². The highest BCUT2D eigenvalue weighted by molar-refractivity contribution is 5.79. The van der Waals surface area contributed by atoms with E-state index in [9.17, 15) is 4.79 Å². The molecule has 1 atom stereocenters. The SMILES string of the molecule is Cc1ccccc1CN1CCOCC2(CC(=O)N(C)C2)C1. The van der Waals surface area contributed by atoms with Gasteiger partial charge in [0.15, 0.2) is 0 Å². The minimum atomic E-state index is -0.0228. The first-order chi connectivity index (χ1) is 10.1. The number of ether oxygens (including phenoxy) is 1. The van der Waals surface area contributed by atoms with E-state index in [0.717, 1.165) is 32.8 Å². The topological polar surface area (TPSA) is 32.8 Å². The van der Waals surface area contributed by atoms with Crippen LogP contribution in [0.4, 0.5) is 0 Å². The van der Waals surface area contributed by atoms with Crippen LogP contribution >= 0.6 is 0 Å². The molecule has 4 heteroatoms. The van der Waals surface area contributed by atoms with Gasteiger partial charge in [0.25, 0.3) is 0 Å². The van der Waals surface area contributed by atoms with Crippen LogP contribution in [0.3, 0.4) is 0 Å². The van der Waals surface area contributed by atoms with Crippen molar-refractivity contribution in [1.29, 1.82) is 0 Å². The van der Waals surface area contributed by atoms with E-state index < -0.39 is 0 Å². The fourth-order valence-corrected chi connectivity index (χ4v) is 3.55. The van der Waals surface area contributed by atoms with Crippen LogP contribution < -0.4 is 0 Å². The van der Waals surface area contributed by atoms with Gasteiger partial charge in [0.05, 0.1) is 13.2 Å². The maximum absolute atomic E-state index is 11.9. The molecule has 4 nitrogen and oxygen atoms in total. The minimum absolute atomic E-state index is 0.0228. The minimum Gasteiger partial charge on any atom is -0.379 e. The van der Waals surface area contributed by atoms with Crippen LogP contribution in [0.15, 0.2) is 24.3 Å². The Balaban J connectivity index is 1.74. The Labute approximate surface area is 126 Å². The van der Waals surface area contributed by atoms with E-state index in [1.807, 2.05) is 11.9 Å². The Kier molecular flexibility index (Phi) is 4.00. The predicted octanol–water partition coefficient (Wildman–Crippen LogP) is 1.68. The van der Waals surface area contributed by atoms with E-state index in [1.54, 1.807) is 0 Å². The molecular weight excluding hydrogens is 264 g/mol. The number of amides is 1. The van der Waals surface area contributed by atoms with Crippen LogP contribution in [0.25, 0.3) is 0 Å². The van der Waals surface area contributed by atoms with Gasteiger partial charge in [-0.2, -0.15) is 0 Å². The van der Waals surface area contributed by atoms with Gasteiger partial charge in [-0.3, -0.25) is 9.69 Å². The Morgan fingerprint density at radius 1 is 1.29 bits per heavy atom. The number of aryl methyl sites for hydroxylation is 1. The Hall–Kier alpha value is -1.39. The lowest BCUT2D eigenvalue weighted by Crippen LogP contribution is -2.40. The number of benzene rings is 1. The summed E-state index contributed by atoms with van der Waals surface area (Å²) in [6.07, 6.45) is 0.619. The van der Waals surface area contributed by atoms with E-state index in [2.05, 4.69) is 36.1 Å². The van der Waals surface area contributed by atoms with Crippen LogP contribution in [-0.2, 0) is 16.1 Å². The predicted molar refractivity (Wildman–Crippen MR) is 82.0 cm³/mol. The van der Waals surface area contributed by atoms with Gasteiger partial charge in [0.2, 0.25) is 5.91 Å². The number of hydrogen-bond acceptors (Lipinski definition) is 3. The summed E-state index contributed by atoms with van der Waals surface area (Å²) >= 11 is 0. The number of likely N-dealkylation sites (tertiary alicyclic amines) is 1. The third-order valence-electron chi connectivity index (χ3n) is 4.70. The average molecular weight is 288 g/mol. The normalized spacial score (nSPS) is 27.3. The molecule has 1 aromatic rings. The number of carbonyl (C=O) groups is 1. The highest BCUT2D eigenvalue weighted by atomic mass is 16.5. The van der Waals surface area contributed by atoms with Gasteiger partial charge >= 0.3 is 0 Å². The molecule has 0 saturated carbocycles. The first-order valence-electron chi connectivity index (χ1n) is 7.67. The zero-order valence-electron chi connectivity index (χ0n) is 13.0. The van der Waals surface area contributed by atoms with E-state index in [4.69, 9.17) is 4.74 Å². The van der Waals surface area contributed by atoms with E-state index >= 15 is 0 Å². The summed E-state index contributed by atoms with van der Waals surface area (Å²) in [5.41, 5.74) is 2.67. The Bertz CT molecular complexity index is 531. The highest BCUT2D eigenvalue weighted by Crippen LogP contribution is 2.34. The van der Waals surface area contributed by atoms with Gasteiger partial charge in [0.1, 0.15) is 0 Å². The molecule has 2 fully saturated rings. The number of rotatable bonds is 2. The molecule has 2 heterocycles. The number of carbonyl (C=O) groups excluding carboxylic acids is 1. The lowest BCUT2D eigenvalue weighted by Gasteiger charge is -2.31. The fourth-order valence-electron chi connectivity index (χ4n) is 3.55. The molecule has 114 valence electrons. The molecule has 21 heavy (non-hydrogen) atoms. The molecule has 2 saturated heterocycles. The molecule has 1 aromatic carbocycles. The molecule has 0 aromatic heterocycles. The molecule has 0 aliphatic carbocycles. The summed E-state index contributed by atoms with van der Waals surface area (Å²) < 4.78 is 5.81. The zero-order chi connectivity index (χ0) is 14.9. The summed E-state index contributed by atoms with van der Waals surface area (Å²) in [6.45, 7) is 7.25. The van der Waals surface area contributed by atoms with Crippen LogP contribution in [0, 0.1) is 12.3 Å². The van der Waals surface area contributed by atoms with E-state index in [0.29, 0.717) is 13.0 Å². The third kappa shape index (κ3) is 3.11. The smallest absolute Gasteiger partial charge is 0.223 e. The second kappa shape index (κ2) is 5.78. The summed E-state index contributed by atoms with van der Waals surface area (Å²) in [7, 11) is 1.90. The van der Waals surface area contributed by atoms with Crippen LogP contribution in [0.2, 0.25) is 0 Å². The van der Waals surface area contributed by atoms with E-state index in [1.165, 1.54) is 11.1 Å². The van der Waals surface area contributed by atoms with Crippen molar-refractivity contribution in [3.8, 4) is 0 Å². The van der Waals surface area contributed by atoms with Crippen molar-refractivity contribution in [3.63, 3.8) is 0 Å². The van der Waals surface area contributed by atoms with Gasteiger partial charge in [0, 0.05) is 45.1 Å². The van der Waals surface area contributed by atoms with Crippen molar-refractivity contribution < 1.29 is 9.53 Å². The Morgan fingerprint density at radius 2 is 2.10 bits per heavy atom. The molecule has 3 rings (SSSR count). The Morgan fingerprint density at radius 3 is 2.81 bits per heavy atom. The molecule has 0 N–H and O–H groups in total. The van der Waals surface area contributed by atoms with Crippen LogP contribution in [-0.4, -0.2) is 55.6 Å². The maximum atomic E-state index is 11.9. The van der Waals surface area contributed by atoms with Crippen molar-refractivity contribution in [1.82, 2.24) is 9.80 Å². The van der Waals surface area contributed by atoms with Gasteiger partial charge in [-0.25, -0.2) is 0 Å². The molecule has 1 spiro atoms. The molecule has 1 unspecified atom stereocenters. The molecule has 2 aliphatic heterocycles. The molecular formula is C17H24N2O2. The number of hydrogen-bond donors (Lipinski definition) is 0. The van der Waals surface area contributed by atoms with Gasteiger partial charge in [-0.05, 0) is 18.1 Å². The second-order valence-electron chi connectivity index (χ2n) is 6.62. The summed E-state index contributed by atoms with van der Waals surface area (Å²) in [4.78, 5) is 16.2. The van der Waals surface area contributed by atoms with Crippen molar-refractivity contribution in [3.05, 3.63) is 35.4 Å². The average Bonchev–Trinajstić information content (AvgIpc) is 2.60. The molecule has 0 bridgehead atoms. The van der Waals surface area contributed by atoms with Gasteiger partial charge < -0.3 is 9.64 Å². The number of nitrogens with zero attached hydrogens (tertiary/aromatic N) is 2. The highest BCUT2D eigenvalue weighted by Gasteiger charge is 2.44. The molecule has 0 radical (unpaired) electrons. The first kappa shape index (κ1) is 14.5. The largest absolute Gasteiger partial charge is 0.379 e. The summed E-state index contributed by atoms with van der Waals surface area (Å²) in [5.74, 6) is 0.247. The first-order valence-corrected chi connectivity index (χ1v) is 7.67. The summed E-state index contributed by atoms with van der Waals surface area (Å²) in [5, 5.41) is 0. The lowest BCUT2D eigenvalue weighted by atomic mass is 9.87. The fraction of sp³-hybridized carbons (Fsp3) is 0.588. The van der Waals surface area contributed by atoms with Crippen molar-refractivity contribution in [2.24, 2.45) is 5.41 Å². The van der Waals surface area contributed by atoms with Crippen molar-refractivity contribution in [2.45, 2.75) is 19.9 Å². The summed E-state index contributed by atoms with van der Waals surface area (Å²) in [6, 6.07) is 8.53. The second-order valence-corrected chi connectivity index (χ2v) is 6.62. The van der Waals surface area contributed by atoms with Crippen molar-refractivity contribution in [2.75, 3.05) is 39.9 Å².